The maximum atomic E-state index is 13.0. The highest BCUT2D eigenvalue weighted by Gasteiger charge is 2.18. The number of hydrogen-bond acceptors (Lipinski definition) is 6. The molecule has 1 N–H and O–H groups in total. The third-order valence-corrected chi connectivity index (χ3v) is 4.32. The summed E-state index contributed by atoms with van der Waals surface area (Å²) >= 11 is 0. The predicted molar refractivity (Wildman–Crippen MR) is 102 cm³/mol. The van der Waals surface area contributed by atoms with E-state index in [2.05, 4.69) is 32.7 Å². The normalized spacial score (nSPS) is 10.8. The van der Waals surface area contributed by atoms with Crippen LogP contribution in [-0.4, -0.2) is 31.0 Å². The number of carbonyl (C=O) groups is 1. The second kappa shape index (κ2) is 8.01. The first kappa shape index (κ1) is 18.5. The molecule has 0 saturated heterocycles. The summed E-state index contributed by atoms with van der Waals surface area (Å²) in [7, 11) is 0. The molecule has 4 rings (SSSR count). The Morgan fingerprint density at radius 3 is 2.55 bits per heavy atom. The number of rotatable bonds is 6. The minimum atomic E-state index is -0.478. The Balaban J connectivity index is 1.42. The highest BCUT2D eigenvalue weighted by atomic mass is 19.1. The molecule has 0 saturated carbocycles. The van der Waals surface area contributed by atoms with Crippen LogP contribution in [0.3, 0.4) is 0 Å². The van der Waals surface area contributed by atoms with Gasteiger partial charge in [0.05, 0.1) is 11.9 Å². The largest absolute Gasteiger partial charge is 0.344 e. The Labute approximate surface area is 165 Å². The third-order valence-electron chi connectivity index (χ3n) is 4.32. The number of carbonyl (C=O) groups excluding carboxylic acids is 1. The van der Waals surface area contributed by atoms with Crippen LogP contribution in [0.5, 0.6) is 0 Å². The first-order valence-corrected chi connectivity index (χ1v) is 9.01. The maximum absolute atomic E-state index is 13.0. The molecule has 0 radical (unpaired) electrons. The van der Waals surface area contributed by atoms with Crippen LogP contribution in [0, 0.1) is 5.82 Å². The zero-order chi connectivity index (χ0) is 20.2. The van der Waals surface area contributed by atoms with Crippen molar-refractivity contribution >= 4 is 5.91 Å². The Hall–Kier alpha value is -3.88. The van der Waals surface area contributed by atoms with Crippen LogP contribution in [0.25, 0.3) is 17.2 Å². The molecule has 8 nitrogen and oxygen atoms in total. The molecule has 146 valence electrons. The minimum absolute atomic E-state index is 0.135. The molecular weight excluding hydrogens is 375 g/mol. The lowest BCUT2D eigenvalue weighted by Gasteiger charge is -2.03. The summed E-state index contributed by atoms with van der Waals surface area (Å²) in [5.74, 6) is -0.851. The fraction of sp³-hybridized carbons (Fsp3) is 0.150. The molecule has 29 heavy (non-hydrogen) atoms. The van der Waals surface area contributed by atoms with Crippen molar-refractivity contribution in [1.82, 2.24) is 30.5 Å². The van der Waals surface area contributed by atoms with Gasteiger partial charge in [-0.2, -0.15) is 4.98 Å². The van der Waals surface area contributed by atoms with Crippen molar-refractivity contribution in [2.24, 2.45) is 0 Å². The highest BCUT2D eigenvalue weighted by molar-refractivity contribution is 5.89. The van der Waals surface area contributed by atoms with Gasteiger partial charge in [-0.25, -0.2) is 9.07 Å². The van der Waals surface area contributed by atoms with Crippen LogP contribution in [0.1, 0.15) is 28.7 Å². The molecule has 2 aromatic heterocycles. The summed E-state index contributed by atoms with van der Waals surface area (Å²) in [6.07, 6.45) is 2.53. The topological polar surface area (TPSA) is 98.7 Å². The van der Waals surface area contributed by atoms with Gasteiger partial charge >= 0.3 is 11.8 Å². The van der Waals surface area contributed by atoms with Gasteiger partial charge in [0.2, 0.25) is 5.82 Å². The fourth-order valence-corrected chi connectivity index (χ4v) is 2.66. The molecule has 0 aliphatic heterocycles. The van der Waals surface area contributed by atoms with Gasteiger partial charge in [0.15, 0.2) is 5.69 Å². The summed E-state index contributed by atoms with van der Waals surface area (Å²) in [6, 6.07) is 13.8. The van der Waals surface area contributed by atoms with Gasteiger partial charge < -0.3 is 9.84 Å². The van der Waals surface area contributed by atoms with Crippen molar-refractivity contribution in [2.45, 2.75) is 19.9 Å². The molecule has 0 unspecified atom stereocenters. The Kier molecular flexibility index (Phi) is 5.10. The molecule has 9 heteroatoms. The van der Waals surface area contributed by atoms with Crippen molar-refractivity contribution in [1.29, 1.82) is 0 Å². The summed E-state index contributed by atoms with van der Waals surface area (Å²) in [4.78, 5) is 16.3. The number of amides is 1. The molecule has 1 amide bonds. The third kappa shape index (κ3) is 4.18. The summed E-state index contributed by atoms with van der Waals surface area (Å²) in [6.45, 7) is 2.43. The Morgan fingerprint density at radius 1 is 1.10 bits per heavy atom. The minimum Gasteiger partial charge on any atom is -0.344 e. The van der Waals surface area contributed by atoms with Crippen molar-refractivity contribution in [3.63, 3.8) is 0 Å². The summed E-state index contributed by atoms with van der Waals surface area (Å²) in [5.41, 5.74) is 3.15. The van der Waals surface area contributed by atoms with E-state index in [0.29, 0.717) is 17.9 Å². The molecule has 0 aliphatic rings. The highest BCUT2D eigenvalue weighted by Crippen LogP contribution is 2.15. The Morgan fingerprint density at radius 2 is 1.83 bits per heavy atom. The molecule has 0 atom stereocenters. The smallest absolute Gasteiger partial charge is 0.316 e. The van der Waals surface area contributed by atoms with Gasteiger partial charge in [-0.3, -0.25) is 4.79 Å². The first-order valence-electron chi connectivity index (χ1n) is 9.01. The average molecular weight is 392 g/mol. The zero-order valence-electron chi connectivity index (χ0n) is 15.5. The van der Waals surface area contributed by atoms with Crippen molar-refractivity contribution in [3.8, 4) is 17.2 Å². The molecule has 2 aromatic carbocycles. The SMILES string of the molecule is CCc1ccc(CNC(=O)c2nc(-c3cn(-c4ccc(F)cc4)nn3)no2)cc1. The van der Waals surface area contributed by atoms with E-state index in [4.69, 9.17) is 4.52 Å². The van der Waals surface area contributed by atoms with Crippen molar-refractivity contribution < 1.29 is 13.7 Å². The monoisotopic (exact) mass is 392 g/mol. The second-order valence-electron chi connectivity index (χ2n) is 6.30. The summed E-state index contributed by atoms with van der Waals surface area (Å²) < 4.78 is 19.5. The summed E-state index contributed by atoms with van der Waals surface area (Å²) in [5, 5.41) is 14.5. The van der Waals surface area contributed by atoms with Gasteiger partial charge in [0, 0.05) is 6.54 Å². The standard InChI is InChI=1S/C20H17FN6O2/c1-2-13-3-5-14(6-4-13)11-22-19(28)20-23-18(25-29-20)17-12-27(26-24-17)16-9-7-15(21)8-10-16/h3-10,12H,2,11H2,1H3,(H,22,28). The first-order chi connectivity index (χ1) is 14.1. The molecule has 0 fully saturated rings. The van der Waals surface area contributed by atoms with Gasteiger partial charge in [0.1, 0.15) is 5.82 Å². The van der Waals surface area contributed by atoms with Crippen LogP contribution < -0.4 is 5.32 Å². The van der Waals surface area contributed by atoms with E-state index in [1.807, 2.05) is 24.3 Å². The second-order valence-corrected chi connectivity index (χ2v) is 6.30. The van der Waals surface area contributed by atoms with Gasteiger partial charge in [-0.15, -0.1) is 5.10 Å². The van der Waals surface area contributed by atoms with Crippen LogP contribution >= 0.6 is 0 Å². The van der Waals surface area contributed by atoms with E-state index in [1.165, 1.54) is 22.4 Å². The van der Waals surface area contributed by atoms with Gasteiger partial charge in [-0.05, 0) is 41.8 Å². The van der Waals surface area contributed by atoms with E-state index in [1.54, 1.807) is 18.3 Å². The molecular formula is C20H17FN6O2. The number of hydrogen-bond donors (Lipinski definition) is 1. The van der Waals surface area contributed by atoms with Crippen LogP contribution in [0.2, 0.25) is 0 Å². The van der Waals surface area contributed by atoms with E-state index in [9.17, 15) is 9.18 Å². The molecule has 2 heterocycles. The van der Waals surface area contributed by atoms with Crippen LogP contribution in [0.15, 0.2) is 59.3 Å². The lowest BCUT2D eigenvalue weighted by atomic mass is 10.1. The number of halogens is 1. The molecule has 4 aromatic rings. The quantitative estimate of drug-likeness (QED) is 0.542. The van der Waals surface area contributed by atoms with Crippen molar-refractivity contribution in [2.75, 3.05) is 0 Å². The van der Waals surface area contributed by atoms with E-state index in [-0.39, 0.29) is 17.5 Å². The van der Waals surface area contributed by atoms with E-state index >= 15 is 0 Å². The lowest BCUT2D eigenvalue weighted by molar-refractivity contribution is 0.0907. The number of aromatic nitrogens is 5. The van der Waals surface area contributed by atoms with Gasteiger partial charge in [0.25, 0.3) is 0 Å². The molecule has 0 aliphatic carbocycles. The van der Waals surface area contributed by atoms with E-state index in [0.717, 1.165) is 12.0 Å². The average Bonchev–Trinajstić information content (AvgIpc) is 3.43. The lowest BCUT2D eigenvalue weighted by Crippen LogP contribution is -2.23. The van der Waals surface area contributed by atoms with Crippen LogP contribution in [-0.2, 0) is 13.0 Å². The number of benzene rings is 2. The van der Waals surface area contributed by atoms with Crippen LogP contribution in [0.4, 0.5) is 4.39 Å². The number of nitrogens with zero attached hydrogens (tertiary/aromatic N) is 5. The zero-order valence-corrected chi connectivity index (χ0v) is 15.5. The van der Waals surface area contributed by atoms with Gasteiger partial charge in [-0.1, -0.05) is 41.6 Å². The number of aryl methyl sites for hydroxylation is 1. The molecule has 0 spiro atoms. The van der Waals surface area contributed by atoms with Crippen molar-refractivity contribution in [3.05, 3.63) is 77.6 Å². The Bertz CT molecular complexity index is 1120. The van der Waals surface area contributed by atoms with E-state index < -0.39 is 5.91 Å². The fourth-order valence-electron chi connectivity index (χ4n) is 2.66. The predicted octanol–water partition coefficient (Wildman–Crippen LogP) is 2.95. The maximum Gasteiger partial charge on any atom is 0.316 e. The molecule has 0 bridgehead atoms. The number of nitrogens with one attached hydrogen (secondary N) is 1.